The number of carbonyl (C=O) groups excluding carboxylic acids is 1. The third kappa shape index (κ3) is 4.15. The van der Waals surface area contributed by atoms with Crippen LogP contribution in [0.4, 0.5) is 11.6 Å². The quantitative estimate of drug-likeness (QED) is 0.261. The third-order valence-corrected chi connectivity index (χ3v) is 6.22. The van der Waals surface area contributed by atoms with Gasteiger partial charge in [-0.25, -0.2) is 9.78 Å². The maximum absolute atomic E-state index is 11.6. The van der Waals surface area contributed by atoms with Gasteiger partial charge in [0.2, 0.25) is 5.95 Å². The Morgan fingerprint density at radius 2 is 2.03 bits per heavy atom. The second-order valence-electron chi connectivity index (χ2n) is 6.53. The first kappa shape index (κ1) is 20.7. The van der Waals surface area contributed by atoms with Crippen molar-refractivity contribution in [1.29, 1.82) is 0 Å². The molecule has 0 unspecified atom stereocenters. The van der Waals surface area contributed by atoms with Gasteiger partial charge in [-0.3, -0.25) is 8.65 Å². The predicted molar refractivity (Wildman–Crippen MR) is 127 cm³/mol. The molecule has 3 heterocycles. The number of methoxy groups -OCH3 is 1. The molecule has 0 aliphatic heterocycles. The molecule has 1 N–H and O–H groups in total. The van der Waals surface area contributed by atoms with Crippen LogP contribution in [0.15, 0.2) is 48.9 Å². The molecule has 154 valence electrons. The molecular weight excluding hydrogens is 515 g/mol. The second-order valence-corrected chi connectivity index (χ2v) is 8.24. The number of nitrogens with one attached hydrogen (secondary N) is 1. The van der Waals surface area contributed by atoms with E-state index in [1.807, 2.05) is 33.3 Å². The van der Waals surface area contributed by atoms with Crippen molar-refractivity contribution in [2.45, 2.75) is 19.9 Å². The van der Waals surface area contributed by atoms with Crippen LogP contribution in [-0.2, 0) is 11.3 Å². The van der Waals surface area contributed by atoms with Gasteiger partial charge in [-0.2, -0.15) is 10.1 Å². The van der Waals surface area contributed by atoms with Gasteiger partial charge in [0.25, 0.3) is 0 Å². The van der Waals surface area contributed by atoms with E-state index in [0.29, 0.717) is 11.5 Å². The van der Waals surface area contributed by atoms with Crippen molar-refractivity contribution in [3.63, 3.8) is 0 Å². The van der Waals surface area contributed by atoms with E-state index >= 15 is 0 Å². The molecule has 1 aromatic carbocycles. The Balaban J connectivity index is 1.73. The van der Waals surface area contributed by atoms with E-state index in [9.17, 15) is 4.79 Å². The molecule has 0 aliphatic rings. The zero-order valence-corrected chi connectivity index (χ0v) is 19.3. The summed E-state index contributed by atoms with van der Waals surface area (Å²) in [4.78, 5) is 21.1. The van der Waals surface area contributed by atoms with E-state index in [0.717, 1.165) is 40.9 Å². The van der Waals surface area contributed by atoms with E-state index < -0.39 is 0 Å². The van der Waals surface area contributed by atoms with Crippen molar-refractivity contribution in [2.75, 3.05) is 12.4 Å². The fourth-order valence-corrected chi connectivity index (χ4v) is 4.36. The lowest BCUT2D eigenvalue weighted by Gasteiger charge is -2.09. The van der Waals surface area contributed by atoms with Crippen LogP contribution in [0.5, 0.6) is 0 Å². The van der Waals surface area contributed by atoms with Gasteiger partial charge in [-0.15, -0.1) is 0 Å². The van der Waals surface area contributed by atoms with Crippen LogP contribution in [0.25, 0.3) is 22.3 Å². The number of nitrogens with zero attached hydrogens (tertiary/aromatic N) is 5. The lowest BCUT2D eigenvalue weighted by Crippen LogP contribution is -2.03. The molecule has 0 fully saturated rings. The molecule has 0 spiro atoms. The normalized spacial score (nSPS) is 11.0. The first-order valence-corrected chi connectivity index (χ1v) is 12.6. The van der Waals surface area contributed by atoms with Crippen LogP contribution < -0.4 is 5.32 Å². The van der Waals surface area contributed by atoms with Gasteiger partial charge in [-0.1, -0.05) is 6.92 Å². The number of anilines is 2. The molecule has 0 aliphatic carbocycles. The van der Waals surface area contributed by atoms with Crippen LogP contribution in [-0.4, -0.2) is 36.8 Å². The minimum Gasteiger partial charge on any atom is -0.465 e. The van der Waals surface area contributed by atoms with E-state index in [4.69, 9.17) is 14.7 Å². The fourth-order valence-electron chi connectivity index (χ4n) is 3.10. The van der Waals surface area contributed by atoms with Crippen LogP contribution in [0.3, 0.4) is 0 Å². The summed E-state index contributed by atoms with van der Waals surface area (Å²) in [6.45, 7) is 2.98. The number of hydrogen-bond acceptors (Lipinski definition) is 7. The smallest absolute Gasteiger partial charge is 0.337 e. The number of benzene rings is 1. The number of ether oxygens (including phenoxy) is 1. The molecule has 0 saturated heterocycles. The zero-order chi connectivity index (χ0) is 21.1. The molecule has 0 atom stereocenters. The molecule has 0 amide bonds. The van der Waals surface area contributed by atoms with Crippen LogP contribution >= 0.6 is 30.3 Å². The number of carbonyl (C=O) groups is 1. The minimum atomic E-state index is -0.373. The highest BCUT2D eigenvalue weighted by molar-refractivity contribution is 14.2. The fraction of sp³-hybridized carbons (Fsp3) is 0.200. The Labute approximate surface area is 189 Å². The van der Waals surface area contributed by atoms with Crippen molar-refractivity contribution >= 4 is 59.0 Å². The van der Waals surface area contributed by atoms with E-state index in [2.05, 4.69) is 38.5 Å². The van der Waals surface area contributed by atoms with Crippen molar-refractivity contribution in [3.05, 3.63) is 54.5 Å². The molecule has 10 heteroatoms. The molecule has 30 heavy (non-hydrogen) atoms. The van der Waals surface area contributed by atoms with Gasteiger partial charge >= 0.3 is 5.97 Å². The first-order chi connectivity index (χ1) is 14.6. The van der Waals surface area contributed by atoms with Gasteiger partial charge in [-0.05, 0) is 36.8 Å². The van der Waals surface area contributed by atoms with Crippen molar-refractivity contribution in [2.24, 2.45) is 0 Å². The zero-order valence-electron chi connectivity index (χ0n) is 16.4. The molecule has 3 aromatic heterocycles. The summed E-state index contributed by atoms with van der Waals surface area (Å²) in [5.41, 5.74) is 3.83. The Bertz CT molecular complexity index is 1190. The SMILES string of the molecule is CCCn1cc(-c2nc(Nc3ccc(C(=O)OC)cc3)nc3c2ccn3SI)cn1. The predicted octanol–water partition coefficient (Wildman–Crippen LogP) is 5.08. The number of rotatable bonds is 7. The molecule has 0 saturated carbocycles. The molecule has 4 rings (SSSR count). The molecule has 0 radical (unpaired) electrons. The highest BCUT2D eigenvalue weighted by atomic mass is 127. The summed E-state index contributed by atoms with van der Waals surface area (Å²) >= 11 is 2.23. The van der Waals surface area contributed by atoms with Crippen molar-refractivity contribution < 1.29 is 9.53 Å². The van der Waals surface area contributed by atoms with E-state index in [1.165, 1.54) is 7.11 Å². The lowest BCUT2D eigenvalue weighted by molar-refractivity contribution is 0.0601. The summed E-state index contributed by atoms with van der Waals surface area (Å²) in [6, 6.07) is 9.01. The number of esters is 1. The maximum Gasteiger partial charge on any atom is 0.337 e. The average Bonchev–Trinajstić information content (AvgIpc) is 3.40. The highest BCUT2D eigenvalue weighted by Crippen LogP contribution is 2.32. The summed E-state index contributed by atoms with van der Waals surface area (Å²) in [7, 11) is 2.90. The molecular formula is C20H19IN6O2S. The summed E-state index contributed by atoms with van der Waals surface area (Å²) in [5.74, 6) is 0.0967. The molecule has 0 bridgehead atoms. The number of hydrogen-bond donors (Lipinski definition) is 1. The Hall–Kier alpha value is -2.60. The first-order valence-electron chi connectivity index (χ1n) is 9.29. The average molecular weight is 534 g/mol. The van der Waals surface area contributed by atoms with Gasteiger partial charge in [0.05, 0.1) is 24.6 Å². The van der Waals surface area contributed by atoms with Crippen LogP contribution in [0, 0.1) is 0 Å². The van der Waals surface area contributed by atoms with Gasteiger partial charge in [0, 0.05) is 65.9 Å². The Morgan fingerprint density at radius 3 is 2.73 bits per heavy atom. The number of halogens is 1. The van der Waals surface area contributed by atoms with Crippen LogP contribution in [0.2, 0.25) is 0 Å². The topological polar surface area (TPSA) is 86.9 Å². The van der Waals surface area contributed by atoms with Crippen LogP contribution in [0.1, 0.15) is 23.7 Å². The van der Waals surface area contributed by atoms with Gasteiger partial charge in [0.15, 0.2) is 5.65 Å². The summed E-state index contributed by atoms with van der Waals surface area (Å²) in [5, 5.41) is 8.64. The van der Waals surface area contributed by atoms with Crippen molar-refractivity contribution in [1.82, 2.24) is 23.7 Å². The summed E-state index contributed by atoms with van der Waals surface area (Å²) < 4.78 is 8.66. The standard InChI is InChI=1S/C20H19IN6O2S/c1-3-9-26-12-14(11-22-26)17-16-8-10-27(30-21)18(16)25-20(24-17)23-15-6-4-13(5-7-15)19(28)29-2/h4-8,10-12H,3,9H2,1-2H3,(H,23,24,25). The molecule has 8 nitrogen and oxygen atoms in total. The van der Waals surface area contributed by atoms with Gasteiger partial charge in [0.1, 0.15) is 0 Å². The minimum absolute atomic E-state index is 0.373. The van der Waals surface area contributed by atoms with E-state index in [1.54, 1.807) is 33.4 Å². The Kier molecular flexibility index (Phi) is 6.23. The largest absolute Gasteiger partial charge is 0.465 e. The van der Waals surface area contributed by atoms with Crippen molar-refractivity contribution in [3.8, 4) is 11.3 Å². The van der Waals surface area contributed by atoms with Gasteiger partial charge < -0.3 is 10.1 Å². The monoisotopic (exact) mass is 534 g/mol. The maximum atomic E-state index is 11.6. The van der Waals surface area contributed by atoms with E-state index in [-0.39, 0.29) is 5.97 Å². The molecule has 4 aromatic rings. The number of aromatic nitrogens is 5. The third-order valence-electron chi connectivity index (χ3n) is 4.51. The second kappa shape index (κ2) is 9.04. The number of fused-ring (bicyclic) bond motifs is 1. The highest BCUT2D eigenvalue weighted by Gasteiger charge is 2.15. The Morgan fingerprint density at radius 1 is 1.23 bits per heavy atom. The lowest BCUT2D eigenvalue weighted by atomic mass is 10.2. The number of aryl methyl sites for hydroxylation is 1. The summed E-state index contributed by atoms with van der Waals surface area (Å²) in [6.07, 6.45) is 6.83.